The molecule has 0 bridgehead atoms. The molecule has 0 saturated heterocycles. The third-order valence-electron chi connectivity index (χ3n) is 3.79. The molecule has 0 aromatic heterocycles. The number of methoxy groups -OCH3 is 1. The predicted molar refractivity (Wildman–Crippen MR) is 90.5 cm³/mol. The van der Waals surface area contributed by atoms with Crippen molar-refractivity contribution in [2.24, 2.45) is 0 Å². The quantitative estimate of drug-likeness (QED) is 0.857. The lowest BCUT2D eigenvalue weighted by Gasteiger charge is -2.12. The molecule has 4 nitrogen and oxygen atoms in total. The van der Waals surface area contributed by atoms with Gasteiger partial charge in [-0.05, 0) is 34.7 Å². The first-order valence-corrected chi connectivity index (χ1v) is 7.69. The Kier molecular flexibility index (Phi) is 5.77. The smallest absolute Gasteiger partial charge is 0.255 e. The van der Waals surface area contributed by atoms with Crippen molar-refractivity contribution < 1.29 is 14.6 Å². The summed E-state index contributed by atoms with van der Waals surface area (Å²) in [6.07, 6.45) is 0. The van der Waals surface area contributed by atoms with Crippen LogP contribution in [0.3, 0.4) is 0 Å². The van der Waals surface area contributed by atoms with E-state index in [0.29, 0.717) is 24.6 Å². The molecule has 4 heteroatoms. The van der Waals surface area contributed by atoms with Gasteiger partial charge in [0, 0.05) is 13.7 Å². The lowest BCUT2D eigenvalue weighted by atomic mass is 10.00. The minimum Gasteiger partial charge on any atom is -0.507 e. The van der Waals surface area contributed by atoms with Crippen molar-refractivity contribution in [2.45, 2.75) is 32.9 Å². The summed E-state index contributed by atoms with van der Waals surface area (Å²) in [5.41, 5.74) is 3.37. The number of hydrogen-bond acceptors (Lipinski definition) is 3. The fourth-order valence-electron chi connectivity index (χ4n) is 2.39. The van der Waals surface area contributed by atoms with E-state index in [1.807, 2.05) is 30.3 Å². The van der Waals surface area contributed by atoms with Gasteiger partial charge < -0.3 is 15.2 Å². The highest BCUT2D eigenvalue weighted by molar-refractivity contribution is 5.97. The lowest BCUT2D eigenvalue weighted by Crippen LogP contribution is -2.23. The highest BCUT2D eigenvalue weighted by atomic mass is 16.5. The summed E-state index contributed by atoms with van der Waals surface area (Å²) in [4.78, 5) is 12.4. The van der Waals surface area contributed by atoms with E-state index in [1.54, 1.807) is 19.2 Å². The summed E-state index contributed by atoms with van der Waals surface area (Å²) in [6.45, 7) is 4.99. The molecule has 2 N–H and O–H groups in total. The van der Waals surface area contributed by atoms with Crippen molar-refractivity contribution in [2.75, 3.05) is 7.11 Å². The molecule has 122 valence electrons. The van der Waals surface area contributed by atoms with Gasteiger partial charge in [-0.15, -0.1) is 0 Å². The molecule has 0 atom stereocenters. The average Bonchev–Trinajstić information content (AvgIpc) is 2.54. The molecule has 0 saturated carbocycles. The maximum atomic E-state index is 12.4. The summed E-state index contributed by atoms with van der Waals surface area (Å²) < 4.78 is 5.17. The molecular weight excluding hydrogens is 290 g/mol. The molecule has 0 aliphatic heterocycles. The molecule has 0 fully saturated rings. The summed E-state index contributed by atoms with van der Waals surface area (Å²) in [5.74, 6) is 0.0128. The number of phenolic OH excluding ortho intramolecular Hbond substituents is 1. The van der Waals surface area contributed by atoms with Crippen LogP contribution in [-0.2, 0) is 17.9 Å². The van der Waals surface area contributed by atoms with Crippen LogP contribution in [-0.4, -0.2) is 18.1 Å². The Morgan fingerprint density at radius 2 is 1.87 bits per heavy atom. The predicted octanol–water partition coefficient (Wildman–Crippen LogP) is 3.59. The van der Waals surface area contributed by atoms with Gasteiger partial charge in [0.1, 0.15) is 5.75 Å². The van der Waals surface area contributed by atoms with E-state index in [9.17, 15) is 9.90 Å². The zero-order valence-corrected chi connectivity index (χ0v) is 13.8. The number of nitrogens with one attached hydrogen (secondary N) is 1. The van der Waals surface area contributed by atoms with Gasteiger partial charge in [0.05, 0.1) is 12.2 Å². The molecule has 0 unspecified atom stereocenters. The van der Waals surface area contributed by atoms with E-state index in [2.05, 4.69) is 19.2 Å². The number of amides is 1. The van der Waals surface area contributed by atoms with E-state index in [1.165, 1.54) is 0 Å². The summed E-state index contributed by atoms with van der Waals surface area (Å²) >= 11 is 0. The topological polar surface area (TPSA) is 58.6 Å². The average molecular weight is 313 g/mol. The van der Waals surface area contributed by atoms with Crippen molar-refractivity contribution in [1.82, 2.24) is 5.32 Å². The first kappa shape index (κ1) is 17.0. The monoisotopic (exact) mass is 313 g/mol. The Balaban J connectivity index is 2.13. The standard InChI is InChI=1S/C19H23NO3/c1-13(2)14-8-9-18(21)17(10-14)19(22)20-11-15-6-4-5-7-16(15)12-23-3/h4-10,13,21H,11-12H2,1-3H3,(H,20,22). The molecule has 0 spiro atoms. The molecular formula is C19H23NO3. The Morgan fingerprint density at radius 3 is 2.52 bits per heavy atom. The second-order valence-electron chi connectivity index (χ2n) is 5.82. The lowest BCUT2D eigenvalue weighted by molar-refractivity contribution is 0.0947. The third kappa shape index (κ3) is 4.33. The summed E-state index contributed by atoms with van der Waals surface area (Å²) in [6, 6.07) is 13.0. The Hall–Kier alpha value is -2.33. The van der Waals surface area contributed by atoms with Crippen LogP contribution in [0.1, 0.15) is 46.8 Å². The second-order valence-corrected chi connectivity index (χ2v) is 5.82. The van der Waals surface area contributed by atoms with Crippen molar-refractivity contribution in [3.63, 3.8) is 0 Å². The third-order valence-corrected chi connectivity index (χ3v) is 3.79. The number of carbonyl (C=O) groups is 1. The first-order valence-electron chi connectivity index (χ1n) is 7.69. The molecule has 2 aromatic rings. The normalized spacial score (nSPS) is 10.8. The fourth-order valence-corrected chi connectivity index (χ4v) is 2.39. The number of benzene rings is 2. The van der Waals surface area contributed by atoms with Crippen LogP contribution in [0, 0.1) is 0 Å². The molecule has 0 aliphatic rings. The van der Waals surface area contributed by atoms with E-state index in [0.717, 1.165) is 16.7 Å². The molecule has 23 heavy (non-hydrogen) atoms. The number of carbonyl (C=O) groups excluding carboxylic acids is 1. The van der Waals surface area contributed by atoms with Gasteiger partial charge in [0.15, 0.2) is 0 Å². The summed E-state index contributed by atoms with van der Waals surface area (Å²) in [5, 5.41) is 12.8. The molecule has 0 heterocycles. The van der Waals surface area contributed by atoms with Crippen LogP contribution in [0.5, 0.6) is 5.75 Å². The highest BCUT2D eigenvalue weighted by Crippen LogP contribution is 2.23. The number of phenols is 1. The molecule has 2 aromatic carbocycles. The largest absolute Gasteiger partial charge is 0.507 e. The molecule has 2 rings (SSSR count). The number of aromatic hydroxyl groups is 1. The van der Waals surface area contributed by atoms with Gasteiger partial charge in [0.25, 0.3) is 5.91 Å². The maximum absolute atomic E-state index is 12.4. The van der Waals surface area contributed by atoms with Crippen molar-refractivity contribution >= 4 is 5.91 Å². The Labute approximate surface area is 137 Å². The van der Waals surface area contributed by atoms with Gasteiger partial charge in [-0.25, -0.2) is 0 Å². The molecule has 0 radical (unpaired) electrons. The van der Waals surface area contributed by atoms with E-state index in [-0.39, 0.29) is 11.7 Å². The van der Waals surface area contributed by atoms with Gasteiger partial charge in [-0.3, -0.25) is 4.79 Å². The van der Waals surface area contributed by atoms with Gasteiger partial charge in [0.2, 0.25) is 0 Å². The summed E-state index contributed by atoms with van der Waals surface area (Å²) in [7, 11) is 1.64. The van der Waals surface area contributed by atoms with Crippen molar-refractivity contribution in [1.29, 1.82) is 0 Å². The first-order chi connectivity index (χ1) is 11.0. The van der Waals surface area contributed by atoms with Crippen LogP contribution in [0.2, 0.25) is 0 Å². The van der Waals surface area contributed by atoms with Crippen LogP contribution in [0.4, 0.5) is 0 Å². The Bertz CT molecular complexity index is 680. The highest BCUT2D eigenvalue weighted by Gasteiger charge is 2.13. The maximum Gasteiger partial charge on any atom is 0.255 e. The van der Waals surface area contributed by atoms with Gasteiger partial charge in [-0.2, -0.15) is 0 Å². The van der Waals surface area contributed by atoms with Crippen LogP contribution in [0.25, 0.3) is 0 Å². The van der Waals surface area contributed by atoms with Crippen LogP contribution >= 0.6 is 0 Å². The van der Waals surface area contributed by atoms with E-state index in [4.69, 9.17) is 4.74 Å². The van der Waals surface area contributed by atoms with Crippen molar-refractivity contribution in [3.05, 3.63) is 64.7 Å². The Morgan fingerprint density at radius 1 is 1.17 bits per heavy atom. The molecule has 1 amide bonds. The second kappa shape index (κ2) is 7.79. The minimum absolute atomic E-state index is 0.00271. The number of ether oxygens (including phenoxy) is 1. The fraction of sp³-hybridized carbons (Fsp3) is 0.316. The SMILES string of the molecule is COCc1ccccc1CNC(=O)c1cc(C(C)C)ccc1O. The van der Waals surface area contributed by atoms with Crippen molar-refractivity contribution in [3.8, 4) is 5.75 Å². The number of hydrogen-bond donors (Lipinski definition) is 2. The number of rotatable bonds is 6. The van der Waals surface area contributed by atoms with Gasteiger partial charge in [-0.1, -0.05) is 44.2 Å². The zero-order valence-electron chi connectivity index (χ0n) is 13.8. The minimum atomic E-state index is -0.280. The molecule has 0 aliphatic carbocycles. The zero-order chi connectivity index (χ0) is 16.8. The van der Waals surface area contributed by atoms with Gasteiger partial charge >= 0.3 is 0 Å². The van der Waals surface area contributed by atoms with E-state index >= 15 is 0 Å². The van der Waals surface area contributed by atoms with E-state index < -0.39 is 0 Å². The van der Waals surface area contributed by atoms with Crippen LogP contribution < -0.4 is 5.32 Å². The van der Waals surface area contributed by atoms with Crippen LogP contribution in [0.15, 0.2) is 42.5 Å².